The fourth-order valence-electron chi connectivity index (χ4n) is 2.25. The van der Waals surface area contributed by atoms with E-state index in [1.54, 1.807) is 0 Å². The molecule has 2 heterocycles. The predicted molar refractivity (Wildman–Crippen MR) is 74.8 cm³/mol. The van der Waals surface area contributed by atoms with Crippen molar-refractivity contribution in [3.05, 3.63) is 35.9 Å². The number of hydrogen-bond acceptors (Lipinski definition) is 4. The minimum atomic E-state index is 0.254. The minimum absolute atomic E-state index is 0.254. The molecule has 2 aromatic heterocycles. The topological polar surface area (TPSA) is 87.7 Å². The number of rotatable bonds is 6. The van der Waals surface area contributed by atoms with Crippen molar-refractivity contribution >= 4 is 0 Å². The Hall–Kier alpha value is -1.66. The Labute approximate surface area is 113 Å². The summed E-state index contributed by atoms with van der Waals surface area (Å²) in [5.74, 6) is 2.00. The van der Waals surface area contributed by atoms with E-state index in [1.165, 1.54) is 0 Å². The van der Waals surface area contributed by atoms with E-state index in [-0.39, 0.29) is 6.04 Å². The molecule has 1 atom stereocenters. The standard InChI is InChI=1S/C13H22N6/c1-10(8-15)18-6-4-16-13(18)7-12-9-17-11(2)19(12)5-3-14/h4,6,9-10H,3,5,7-8,14-15H2,1-2H3. The van der Waals surface area contributed by atoms with Gasteiger partial charge in [0.15, 0.2) is 0 Å². The quantitative estimate of drug-likeness (QED) is 0.791. The highest BCUT2D eigenvalue weighted by molar-refractivity contribution is 5.12. The van der Waals surface area contributed by atoms with Crippen molar-refractivity contribution in [1.29, 1.82) is 0 Å². The van der Waals surface area contributed by atoms with E-state index in [2.05, 4.69) is 26.0 Å². The van der Waals surface area contributed by atoms with E-state index >= 15 is 0 Å². The molecule has 6 nitrogen and oxygen atoms in total. The molecule has 6 heteroatoms. The molecule has 0 saturated heterocycles. The third-order valence-electron chi connectivity index (χ3n) is 3.39. The number of aryl methyl sites for hydroxylation is 1. The highest BCUT2D eigenvalue weighted by Crippen LogP contribution is 2.14. The van der Waals surface area contributed by atoms with Crippen molar-refractivity contribution in [2.24, 2.45) is 11.5 Å². The normalized spacial score (nSPS) is 12.8. The summed E-state index contributed by atoms with van der Waals surface area (Å²) in [7, 11) is 0. The van der Waals surface area contributed by atoms with Gasteiger partial charge in [-0.25, -0.2) is 9.97 Å². The molecule has 0 aromatic carbocycles. The second-order valence-electron chi connectivity index (χ2n) is 4.75. The van der Waals surface area contributed by atoms with Crippen LogP contribution < -0.4 is 11.5 Å². The Bertz CT molecular complexity index is 527. The van der Waals surface area contributed by atoms with Gasteiger partial charge in [0.25, 0.3) is 0 Å². The highest BCUT2D eigenvalue weighted by atomic mass is 15.1. The second kappa shape index (κ2) is 5.99. The van der Waals surface area contributed by atoms with Gasteiger partial charge in [-0.05, 0) is 13.8 Å². The first-order chi connectivity index (χ1) is 9.17. The fourth-order valence-corrected chi connectivity index (χ4v) is 2.25. The molecule has 0 aliphatic rings. The van der Waals surface area contributed by atoms with Crippen molar-refractivity contribution in [1.82, 2.24) is 19.1 Å². The zero-order valence-electron chi connectivity index (χ0n) is 11.6. The van der Waals surface area contributed by atoms with E-state index < -0.39 is 0 Å². The Morgan fingerprint density at radius 1 is 1.32 bits per heavy atom. The summed E-state index contributed by atoms with van der Waals surface area (Å²) in [6, 6.07) is 0.254. The molecule has 0 amide bonds. The lowest BCUT2D eigenvalue weighted by atomic mass is 10.2. The van der Waals surface area contributed by atoms with Crippen LogP contribution in [0.2, 0.25) is 0 Å². The molecule has 2 aromatic rings. The maximum atomic E-state index is 5.72. The van der Waals surface area contributed by atoms with Crippen molar-refractivity contribution < 1.29 is 0 Å². The van der Waals surface area contributed by atoms with Gasteiger partial charge in [-0.3, -0.25) is 0 Å². The molecule has 4 N–H and O–H groups in total. The molecule has 104 valence electrons. The van der Waals surface area contributed by atoms with Gasteiger partial charge in [-0.15, -0.1) is 0 Å². The van der Waals surface area contributed by atoms with Crippen LogP contribution in [-0.4, -0.2) is 32.2 Å². The van der Waals surface area contributed by atoms with Crippen LogP contribution in [0.4, 0.5) is 0 Å². The van der Waals surface area contributed by atoms with Crippen LogP contribution in [0.3, 0.4) is 0 Å². The van der Waals surface area contributed by atoms with Gasteiger partial charge in [-0.2, -0.15) is 0 Å². The predicted octanol–water partition coefficient (Wildman–Crippen LogP) is 0.457. The van der Waals surface area contributed by atoms with Gasteiger partial charge in [0, 0.05) is 56.4 Å². The monoisotopic (exact) mass is 262 g/mol. The first-order valence-corrected chi connectivity index (χ1v) is 6.60. The molecule has 0 fully saturated rings. The van der Waals surface area contributed by atoms with Crippen molar-refractivity contribution in [2.45, 2.75) is 32.9 Å². The summed E-state index contributed by atoms with van der Waals surface area (Å²) in [4.78, 5) is 8.78. The molecule has 2 rings (SSSR count). The molecular weight excluding hydrogens is 240 g/mol. The number of imidazole rings is 2. The van der Waals surface area contributed by atoms with Crippen molar-refractivity contribution in [2.75, 3.05) is 13.1 Å². The fraction of sp³-hybridized carbons (Fsp3) is 0.538. The molecule has 19 heavy (non-hydrogen) atoms. The van der Waals surface area contributed by atoms with Gasteiger partial charge in [0.05, 0.1) is 0 Å². The lowest BCUT2D eigenvalue weighted by molar-refractivity contribution is 0.533. The number of nitrogens with zero attached hydrogens (tertiary/aromatic N) is 4. The first-order valence-electron chi connectivity index (χ1n) is 6.60. The van der Waals surface area contributed by atoms with Gasteiger partial charge < -0.3 is 20.6 Å². The van der Waals surface area contributed by atoms with Crippen molar-refractivity contribution in [3.63, 3.8) is 0 Å². The van der Waals surface area contributed by atoms with Gasteiger partial charge >= 0.3 is 0 Å². The Kier molecular flexibility index (Phi) is 4.34. The Morgan fingerprint density at radius 2 is 2.11 bits per heavy atom. The molecular formula is C13H22N6. The Morgan fingerprint density at radius 3 is 2.79 bits per heavy atom. The second-order valence-corrected chi connectivity index (χ2v) is 4.75. The summed E-state index contributed by atoms with van der Waals surface area (Å²) in [6.07, 6.45) is 6.44. The van der Waals surface area contributed by atoms with Crippen LogP contribution in [0.5, 0.6) is 0 Å². The lowest BCUT2D eigenvalue weighted by Crippen LogP contribution is -2.19. The van der Waals surface area contributed by atoms with Crippen LogP contribution in [-0.2, 0) is 13.0 Å². The molecule has 1 unspecified atom stereocenters. The van der Waals surface area contributed by atoms with Crippen LogP contribution >= 0.6 is 0 Å². The maximum absolute atomic E-state index is 5.72. The van der Waals surface area contributed by atoms with E-state index in [9.17, 15) is 0 Å². The SMILES string of the molecule is Cc1ncc(Cc2nccn2C(C)CN)n1CCN. The zero-order valence-corrected chi connectivity index (χ0v) is 11.6. The number of nitrogens with two attached hydrogens (primary N) is 2. The summed E-state index contributed by atoms with van der Waals surface area (Å²) in [5, 5.41) is 0. The van der Waals surface area contributed by atoms with Crippen LogP contribution in [0.1, 0.15) is 30.3 Å². The average Bonchev–Trinajstić information content (AvgIpc) is 3.00. The van der Waals surface area contributed by atoms with E-state index in [0.717, 1.165) is 30.3 Å². The molecule has 0 aliphatic carbocycles. The zero-order chi connectivity index (χ0) is 13.8. The third-order valence-corrected chi connectivity index (χ3v) is 3.39. The van der Waals surface area contributed by atoms with Crippen LogP contribution in [0.25, 0.3) is 0 Å². The van der Waals surface area contributed by atoms with Gasteiger partial charge in [0.1, 0.15) is 11.6 Å². The largest absolute Gasteiger partial charge is 0.331 e. The van der Waals surface area contributed by atoms with E-state index in [0.29, 0.717) is 13.1 Å². The number of aromatic nitrogens is 4. The molecule has 0 bridgehead atoms. The van der Waals surface area contributed by atoms with E-state index in [4.69, 9.17) is 11.5 Å². The molecule has 0 saturated carbocycles. The summed E-state index contributed by atoms with van der Waals surface area (Å²) >= 11 is 0. The minimum Gasteiger partial charge on any atom is -0.331 e. The van der Waals surface area contributed by atoms with Crippen molar-refractivity contribution in [3.8, 4) is 0 Å². The summed E-state index contributed by atoms with van der Waals surface area (Å²) < 4.78 is 4.27. The smallest absolute Gasteiger partial charge is 0.114 e. The molecule has 0 aliphatic heterocycles. The van der Waals surface area contributed by atoms with Gasteiger partial charge in [-0.1, -0.05) is 0 Å². The first kappa shape index (κ1) is 13.8. The van der Waals surface area contributed by atoms with Crippen LogP contribution in [0, 0.1) is 6.92 Å². The lowest BCUT2D eigenvalue weighted by Gasteiger charge is -2.15. The highest BCUT2D eigenvalue weighted by Gasteiger charge is 2.12. The average molecular weight is 262 g/mol. The van der Waals surface area contributed by atoms with Gasteiger partial charge in [0.2, 0.25) is 0 Å². The molecule has 0 radical (unpaired) electrons. The maximum Gasteiger partial charge on any atom is 0.114 e. The summed E-state index contributed by atoms with van der Waals surface area (Å²) in [5.41, 5.74) is 12.5. The molecule has 0 spiro atoms. The van der Waals surface area contributed by atoms with Crippen LogP contribution in [0.15, 0.2) is 18.6 Å². The Balaban J connectivity index is 2.24. The third kappa shape index (κ3) is 2.85. The number of hydrogen-bond donors (Lipinski definition) is 2. The van der Waals surface area contributed by atoms with E-state index in [1.807, 2.05) is 25.5 Å². The summed E-state index contributed by atoms with van der Waals surface area (Å²) in [6.45, 7) is 6.08.